The van der Waals surface area contributed by atoms with Crippen LogP contribution in [0.3, 0.4) is 0 Å². The van der Waals surface area contributed by atoms with E-state index < -0.39 is 11.8 Å². The Morgan fingerprint density at radius 1 is 0.523 bits per heavy atom. The van der Waals surface area contributed by atoms with Crippen molar-refractivity contribution in [2.75, 3.05) is 0 Å². The van der Waals surface area contributed by atoms with Gasteiger partial charge in [0.1, 0.15) is 11.6 Å². The van der Waals surface area contributed by atoms with E-state index in [4.69, 9.17) is 11.3 Å². The molecule has 0 bridgehead atoms. The molecule has 0 saturated carbocycles. The molecule has 0 saturated heterocycles. The molecule has 4 nitrogen and oxygen atoms in total. The van der Waals surface area contributed by atoms with Crippen LogP contribution in [-0.2, 0) is 21.1 Å². The van der Waals surface area contributed by atoms with Crippen molar-refractivity contribution in [2.45, 2.75) is 79.0 Å². The summed E-state index contributed by atoms with van der Waals surface area (Å²) >= 11 is 0. The Morgan fingerprint density at radius 2 is 1.20 bits per heavy atom. The van der Waals surface area contributed by atoms with Gasteiger partial charge in [-0.3, -0.25) is 9.55 Å². The number of phenols is 1. The first kappa shape index (κ1) is 42.6. The Hall–Kier alpha value is -6.35. The first-order valence-corrected chi connectivity index (χ1v) is 22.3. The quantitative estimate of drug-likeness (QED) is 0.131. The molecule has 0 aliphatic heterocycles. The van der Waals surface area contributed by atoms with Crippen LogP contribution in [0.15, 0.2) is 164 Å². The van der Waals surface area contributed by atoms with Crippen molar-refractivity contribution in [3.63, 3.8) is 0 Å². The van der Waals surface area contributed by atoms with Crippen LogP contribution in [0.2, 0.25) is 0 Å². The summed E-state index contributed by atoms with van der Waals surface area (Å²) in [4.78, 5) is 10.5. The predicted molar refractivity (Wildman–Crippen MR) is 268 cm³/mol. The maximum Gasteiger partial charge on any atom is 0.148 e. The third-order valence-electron chi connectivity index (χ3n) is 12.4. The normalized spacial score (nSPS) is 12.3. The topological polar surface area (TPSA) is 50.9 Å². The molecule has 65 heavy (non-hydrogen) atoms. The standard InChI is InChI=1S/C60H56N3O.Pt/c1-37(2)41-22-24-43(25-23-41)45-28-29-61-56(35-45)49-31-47(42-16-11-9-12-17-42)30-48(32-49)52-20-15-21-57-58(52)62-60(55-34-46(38(3)4)33-54(40(7)8)59(55)64)63(57)50-26-27-51(53(36-50)39(5)6)44-18-13-10-14-19-44;/h9-31,33-40,64H,1-8H3;/q-1;/i37D,39D;. The minimum absolute atomic E-state index is 0. The van der Waals surface area contributed by atoms with E-state index in [2.05, 4.69) is 154 Å². The molecule has 0 radical (unpaired) electrons. The number of nitrogens with zero attached hydrogens (tertiary/aromatic N) is 3. The second-order valence-electron chi connectivity index (χ2n) is 17.9. The SMILES string of the molecule is [2H]C(C)(C)c1ccc(-c2ccnc(-c3[c-]c(-c4cccc5c4nc(-c4cc(C(C)C)cc(C(C)C)c4O)n5-c4ccc(-c5ccccc5)c(C([2H])(C)C)c4)cc(-c4ccccc4)c3)c2)cc1.[Pt]. The summed E-state index contributed by atoms with van der Waals surface area (Å²) in [6, 6.07) is 58.0. The number of rotatable bonds is 11. The number of pyridine rings is 1. The predicted octanol–water partition coefficient (Wildman–Crippen LogP) is 16.4. The van der Waals surface area contributed by atoms with Gasteiger partial charge in [-0.05, 0) is 104 Å². The molecule has 0 spiro atoms. The zero-order valence-electron chi connectivity index (χ0n) is 40.3. The maximum absolute atomic E-state index is 12.3. The van der Waals surface area contributed by atoms with Crippen LogP contribution >= 0.6 is 0 Å². The Morgan fingerprint density at radius 3 is 1.86 bits per heavy atom. The third-order valence-corrected chi connectivity index (χ3v) is 12.4. The average Bonchev–Trinajstić information content (AvgIpc) is 3.71. The number of aromatic nitrogens is 3. The van der Waals surface area contributed by atoms with E-state index in [0.717, 1.165) is 94.7 Å². The molecule has 9 aromatic rings. The van der Waals surface area contributed by atoms with Crippen LogP contribution < -0.4 is 0 Å². The number of hydrogen-bond donors (Lipinski definition) is 1. The monoisotopic (exact) mass is 1030 g/mol. The van der Waals surface area contributed by atoms with E-state index in [9.17, 15) is 6.48 Å². The van der Waals surface area contributed by atoms with Crippen LogP contribution in [0.25, 0.3) is 83.9 Å². The Bertz CT molecular complexity index is 3220. The molecule has 328 valence electrons. The van der Waals surface area contributed by atoms with Crippen molar-refractivity contribution >= 4 is 11.0 Å². The van der Waals surface area contributed by atoms with Crippen LogP contribution in [0, 0.1) is 6.07 Å². The molecule has 0 amide bonds. The number of phenolic OH excluding ortho intramolecular Hbond substituents is 1. The van der Waals surface area contributed by atoms with E-state index >= 15 is 0 Å². The maximum atomic E-state index is 12.3. The Kier molecular flexibility index (Phi) is 12.5. The van der Waals surface area contributed by atoms with Gasteiger partial charge in [0.05, 0.1) is 16.6 Å². The Labute approximate surface area is 402 Å². The molecule has 7 aromatic carbocycles. The number of imidazole rings is 1. The van der Waals surface area contributed by atoms with E-state index in [0.29, 0.717) is 11.4 Å². The zero-order chi connectivity index (χ0) is 46.5. The molecule has 5 heteroatoms. The van der Waals surface area contributed by atoms with E-state index in [1.165, 1.54) is 0 Å². The molecule has 0 aliphatic rings. The van der Waals surface area contributed by atoms with Crippen molar-refractivity contribution in [3.05, 3.63) is 192 Å². The third kappa shape index (κ3) is 9.02. The van der Waals surface area contributed by atoms with Crippen molar-refractivity contribution in [1.29, 1.82) is 0 Å². The van der Waals surface area contributed by atoms with Gasteiger partial charge in [-0.1, -0.05) is 187 Å². The summed E-state index contributed by atoms with van der Waals surface area (Å²) in [7, 11) is 0. The van der Waals surface area contributed by atoms with Crippen molar-refractivity contribution in [2.24, 2.45) is 0 Å². The molecule has 9 rings (SSSR count). The zero-order valence-corrected chi connectivity index (χ0v) is 40.6. The number of aromatic hydroxyl groups is 1. The molecular weight excluding hydrogens is 974 g/mol. The number of hydrogen-bond acceptors (Lipinski definition) is 3. The smallest absolute Gasteiger partial charge is 0.148 e. The Balaban J connectivity index is 0.00000608. The fraction of sp³-hybridized carbons (Fsp3) is 0.200. The van der Waals surface area contributed by atoms with E-state index in [1.54, 1.807) is 0 Å². The van der Waals surface area contributed by atoms with Gasteiger partial charge in [0, 0.05) is 41.4 Å². The van der Waals surface area contributed by atoms with Gasteiger partial charge in [0.15, 0.2) is 0 Å². The van der Waals surface area contributed by atoms with Crippen molar-refractivity contribution in [3.8, 4) is 78.6 Å². The number of benzene rings is 7. The summed E-state index contributed by atoms with van der Waals surface area (Å²) in [6.07, 6.45) is 1.85. The molecule has 2 aromatic heterocycles. The second kappa shape index (κ2) is 19.0. The summed E-state index contributed by atoms with van der Waals surface area (Å²) in [5.74, 6) is -0.481. The van der Waals surface area contributed by atoms with Gasteiger partial charge in [0.2, 0.25) is 0 Å². The molecule has 1 N–H and O–H groups in total. The van der Waals surface area contributed by atoms with Crippen LogP contribution in [0.5, 0.6) is 5.75 Å². The van der Waals surface area contributed by atoms with Crippen LogP contribution in [0.4, 0.5) is 0 Å². The van der Waals surface area contributed by atoms with E-state index in [1.807, 2.05) is 76.4 Å². The molecule has 0 atom stereocenters. The van der Waals surface area contributed by atoms with Gasteiger partial charge in [-0.25, -0.2) is 4.98 Å². The van der Waals surface area contributed by atoms with Crippen LogP contribution in [0.1, 0.15) is 104 Å². The molecule has 0 fully saturated rings. The number of fused-ring (bicyclic) bond motifs is 1. The number of para-hydroxylation sites is 1. The first-order chi connectivity index (χ1) is 31.5. The fourth-order valence-corrected chi connectivity index (χ4v) is 8.74. The largest absolute Gasteiger partial charge is 0.507 e. The minimum Gasteiger partial charge on any atom is -0.507 e. The summed E-state index contributed by atoms with van der Waals surface area (Å²) in [6.45, 7) is 16.3. The summed E-state index contributed by atoms with van der Waals surface area (Å²) in [5.41, 5.74) is 16.6. The fourth-order valence-electron chi connectivity index (χ4n) is 8.74. The molecular formula is C60H56N3OPt-. The van der Waals surface area contributed by atoms with E-state index in [-0.39, 0.29) is 38.7 Å². The molecule has 0 unspecified atom stereocenters. The van der Waals surface area contributed by atoms with Crippen molar-refractivity contribution in [1.82, 2.24) is 14.5 Å². The van der Waals surface area contributed by atoms with Gasteiger partial charge in [0.25, 0.3) is 0 Å². The molecule has 2 heterocycles. The van der Waals surface area contributed by atoms with Gasteiger partial charge in [-0.2, -0.15) is 0 Å². The van der Waals surface area contributed by atoms with Gasteiger partial charge < -0.3 is 5.11 Å². The first-order valence-electron chi connectivity index (χ1n) is 23.3. The van der Waals surface area contributed by atoms with Crippen LogP contribution in [-0.4, -0.2) is 19.6 Å². The van der Waals surface area contributed by atoms with Gasteiger partial charge in [-0.15, -0.1) is 23.8 Å². The summed E-state index contributed by atoms with van der Waals surface area (Å²) in [5, 5.41) is 12.3. The second-order valence-corrected chi connectivity index (χ2v) is 17.9. The molecule has 0 aliphatic carbocycles. The summed E-state index contributed by atoms with van der Waals surface area (Å²) < 4.78 is 20.1. The van der Waals surface area contributed by atoms with Gasteiger partial charge >= 0.3 is 0 Å². The average molecular weight is 1030 g/mol. The minimum atomic E-state index is -0.926. The van der Waals surface area contributed by atoms with Crippen molar-refractivity contribution < 1.29 is 28.9 Å².